The first-order chi connectivity index (χ1) is 23.3. The number of ether oxygens (including phenoxy) is 2. The summed E-state index contributed by atoms with van der Waals surface area (Å²) in [6, 6.07) is 19.1. The van der Waals surface area contributed by atoms with Crippen LogP contribution in [0, 0.1) is 5.92 Å². The highest BCUT2D eigenvalue weighted by Crippen LogP contribution is 2.30. The number of aliphatic hydroxyl groups is 1. The molecule has 4 atom stereocenters. The molecule has 49 heavy (non-hydrogen) atoms. The maximum absolute atomic E-state index is 14.3. The van der Waals surface area contributed by atoms with Gasteiger partial charge in [0.05, 0.1) is 42.4 Å². The fourth-order valence-corrected chi connectivity index (χ4v) is 5.93. The van der Waals surface area contributed by atoms with E-state index in [-0.39, 0.29) is 55.1 Å². The smallest absolute Gasteiger partial charge is 0.416 e. The number of halogens is 3. The number of alkyl halides is 3. The Labute approximate surface area is 287 Å². The van der Waals surface area contributed by atoms with Crippen LogP contribution in [0.15, 0.2) is 72.8 Å². The van der Waals surface area contributed by atoms with Crippen LogP contribution in [0.2, 0.25) is 0 Å². The minimum atomic E-state index is -4.39. The van der Waals surface area contributed by atoms with Crippen LogP contribution < -0.4 is 10.1 Å². The lowest BCUT2D eigenvalue weighted by molar-refractivity contribution is -0.137. The molecule has 0 unspecified atom stereocenters. The Morgan fingerprint density at radius 1 is 1.04 bits per heavy atom. The van der Waals surface area contributed by atoms with Gasteiger partial charge in [0, 0.05) is 37.8 Å². The van der Waals surface area contributed by atoms with E-state index in [2.05, 4.69) is 5.32 Å². The van der Waals surface area contributed by atoms with Crippen molar-refractivity contribution in [2.24, 2.45) is 5.92 Å². The number of hydrogen-bond donors (Lipinski definition) is 2. The number of anilines is 1. The number of likely N-dealkylation sites (N-methyl/N-ethyl adjacent to an activating group) is 1. The summed E-state index contributed by atoms with van der Waals surface area (Å²) in [6.45, 7) is 7.11. The fourth-order valence-electron chi connectivity index (χ4n) is 5.93. The number of aliphatic hydroxyl groups excluding tert-OH is 1. The van der Waals surface area contributed by atoms with Crippen molar-refractivity contribution in [3.05, 3.63) is 95.1 Å². The van der Waals surface area contributed by atoms with E-state index in [9.17, 15) is 27.9 Å². The quantitative estimate of drug-likeness (QED) is 0.258. The van der Waals surface area contributed by atoms with Gasteiger partial charge in [-0.15, -0.1) is 0 Å². The molecule has 0 spiro atoms. The molecule has 0 saturated heterocycles. The van der Waals surface area contributed by atoms with E-state index in [0.29, 0.717) is 31.1 Å². The molecule has 0 aliphatic carbocycles. The normalized spacial score (nSPS) is 20.2. The van der Waals surface area contributed by atoms with E-state index < -0.39 is 17.8 Å². The minimum Gasteiger partial charge on any atom is -0.490 e. The molecule has 11 heteroatoms. The highest BCUT2D eigenvalue weighted by Gasteiger charge is 2.32. The lowest BCUT2D eigenvalue weighted by Crippen LogP contribution is -2.47. The van der Waals surface area contributed by atoms with Crippen LogP contribution in [0.5, 0.6) is 5.75 Å². The second kappa shape index (κ2) is 17.6. The Morgan fingerprint density at radius 2 is 1.76 bits per heavy atom. The van der Waals surface area contributed by atoms with Crippen molar-refractivity contribution in [3.63, 3.8) is 0 Å². The average Bonchev–Trinajstić information content (AvgIpc) is 3.06. The van der Waals surface area contributed by atoms with Gasteiger partial charge in [0.15, 0.2) is 0 Å². The van der Waals surface area contributed by atoms with E-state index in [1.165, 1.54) is 12.1 Å². The molecule has 4 rings (SSSR count). The number of carbonyl (C=O) groups excluding carboxylic acids is 2. The van der Waals surface area contributed by atoms with Crippen LogP contribution in [0.3, 0.4) is 0 Å². The molecule has 0 saturated carbocycles. The molecule has 1 aliphatic rings. The maximum atomic E-state index is 14.3. The largest absolute Gasteiger partial charge is 0.490 e. The third-order valence-electron chi connectivity index (χ3n) is 8.77. The first-order valence-corrected chi connectivity index (χ1v) is 16.9. The first kappa shape index (κ1) is 37.9. The Hall–Kier alpha value is -3.93. The van der Waals surface area contributed by atoms with Crippen molar-refractivity contribution in [1.82, 2.24) is 9.80 Å². The highest BCUT2D eigenvalue weighted by atomic mass is 19.4. The zero-order valence-electron chi connectivity index (χ0n) is 28.7. The Kier molecular flexibility index (Phi) is 13.6. The third-order valence-corrected chi connectivity index (χ3v) is 8.77. The molecule has 3 aromatic rings. The number of nitrogens with zero attached hydrogens (tertiary/aromatic N) is 2. The number of carbonyl (C=O) groups is 2. The van der Waals surface area contributed by atoms with Crippen molar-refractivity contribution in [1.29, 1.82) is 0 Å². The molecule has 0 aromatic heterocycles. The average molecular weight is 684 g/mol. The molecule has 3 aromatic carbocycles. The van der Waals surface area contributed by atoms with Gasteiger partial charge in [-0.1, -0.05) is 49.4 Å². The molecular formula is C38H48F3N3O5. The van der Waals surface area contributed by atoms with Gasteiger partial charge in [-0.05, 0) is 81.6 Å². The Balaban J connectivity index is 1.56. The second-order valence-corrected chi connectivity index (χ2v) is 13.1. The van der Waals surface area contributed by atoms with E-state index in [4.69, 9.17) is 9.47 Å². The van der Waals surface area contributed by atoms with Crippen LogP contribution in [0.1, 0.15) is 67.1 Å². The van der Waals surface area contributed by atoms with E-state index in [1.807, 2.05) is 56.1 Å². The molecule has 2 N–H and O–H groups in total. The third kappa shape index (κ3) is 11.3. The lowest BCUT2D eigenvalue weighted by atomic mass is 10.0. The first-order valence-electron chi connectivity index (χ1n) is 16.9. The predicted octanol–water partition coefficient (Wildman–Crippen LogP) is 6.81. The summed E-state index contributed by atoms with van der Waals surface area (Å²) in [4.78, 5) is 30.9. The lowest BCUT2D eigenvalue weighted by Gasteiger charge is -2.36. The zero-order valence-corrected chi connectivity index (χ0v) is 28.7. The van der Waals surface area contributed by atoms with Gasteiger partial charge < -0.3 is 24.8 Å². The molecule has 0 bridgehead atoms. The standard InChI is InChI=1S/C38H48F3N3O5/c1-26-22-44(27(2)25-45)37(47)33-21-32(42-36(46)20-29-11-6-5-7-12-29)17-18-34(33)49-28(3)10-8-9-19-48-35(26)24-43(4)23-30-13-15-31(16-14-30)38(39,40)41/h5-7,11-18,21,26-28,35,45H,8-10,19-20,22-25H2,1-4H3,(H,42,46)/t26-,27-,28+,35-/m0/s1. The maximum Gasteiger partial charge on any atom is 0.416 e. The van der Waals surface area contributed by atoms with E-state index in [1.54, 1.807) is 30.0 Å². The summed E-state index contributed by atoms with van der Waals surface area (Å²) in [6.07, 6.45) is -2.34. The molecule has 8 nitrogen and oxygen atoms in total. The van der Waals surface area contributed by atoms with Crippen molar-refractivity contribution < 1.29 is 37.3 Å². The van der Waals surface area contributed by atoms with Gasteiger partial charge in [-0.2, -0.15) is 13.2 Å². The summed E-state index contributed by atoms with van der Waals surface area (Å²) in [5, 5.41) is 13.1. The van der Waals surface area contributed by atoms with Crippen molar-refractivity contribution in [2.75, 3.05) is 38.7 Å². The topological polar surface area (TPSA) is 91.3 Å². The molecule has 266 valence electrons. The summed E-state index contributed by atoms with van der Waals surface area (Å²) in [7, 11) is 1.89. The van der Waals surface area contributed by atoms with Gasteiger partial charge in [0.2, 0.25) is 5.91 Å². The predicted molar refractivity (Wildman–Crippen MR) is 183 cm³/mol. The number of hydrogen-bond acceptors (Lipinski definition) is 6. The minimum absolute atomic E-state index is 0.173. The van der Waals surface area contributed by atoms with Gasteiger partial charge in [-0.25, -0.2) is 0 Å². The SMILES string of the molecule is C[C@@H]1CCCCO[C@@H](CN(C)Cc2ccc(C(F)(F)F)cc2)[C@@H](C)CN([C@@H](C)CO)C(=O)c2cc(NC(=O)Cc3ccccc3)ccc2O1. The molecule has 1 aliphatic heterocycles. The van der Waals surface area contributed by atoms with Gasteiger partial charge in [0.1, 0.15) is 5.75 Å². The second-order valence-electron chi connectivity index (χ2n) is 13.1. The van der Waals surface area contributed by atoms with Crippen LogP contribution in [0.25, 0.3) is 0 Å². The van der Waals surface area contributed by atoms with E-state index in [0.717, 1.165) is 42.5 Å². The number of amides is 2. The monoisotopic (exact) mass is 683 g/mol. The molecule has 1 heterocycles. The van der Waals surface area contributed by atoms with Crippen LogP contribution in [-0.4, -0.2) is 78.3 Å². The Morgan fingerprint density at radius 3 is 2.43 bits per heavy atom. The van der Waals surface area contributed by atoms with E-state index >= 15 is 0 Å². The number of rotatable bonds is 9. The highest BCUT2D eigenvalue weighted by molar-refractivity contribution is 6.00. The van der Waals surface area contributed by atoms with Crippen LogP contribution in [-0.2, 0) is 28.7 Å². The van der Waals surface area contributed by atoms with Gasteiger partial charge in [0.25, 0.3) is 5.91 Å². The summed E-state index contributed by atoms with van der Waals surface area (Å²) in [5.74, 6) is -0.331. The van der Waals surface area contributed by atoms with Gasteiger partial charge >= 0.3 is 6.18 Å². The van der Waals surface area contributed by atoms with Crippen LogP contribution >= 0.6 is 0 Å². The van der Waals surface area contributed by atoms with Crippen molar-refractivity contribution in [2.45, 2.75) is 77.4 Å². The number of fused-ring (bicyclic) bond motifs is 1. The molecular weight excluding hydrogens is 635 g/mol. The summed E-state index contributed by atoms with van der Waals surface area (Å²) < 4.78 is 51.9. The molecule has 0 radical (unpaired) electrons. The molecule has 0 fully saturated rings. The molecule has 2 amide bonds. The number of nitrogens with one attached hydrogen (secondary N) is 1. The van der Waals surface area contributed by atoms with Crippen molar-refractivity contribution in [3.8, 4) is 5.75 Å². The Bertz CT molecular complexity index is 1500. The van der Waals surface area contributed by atoms with Gasteiger partial charge in [-0.3, -0.25) is 14.5 Å². The summed E-state index contributed by atoms with van der Waals surface area (Å²) >= 11 is 0. The van der Waals surface area contributed by atoms with Crippen LogP contribution in [0.4, 0.5) is 18.9 Å². The number of benzene rings is 3. The van der Waals surface area contributed by atoms with Crippen molar-refractivity contribution >= 4 is 17.5 Å². The fraction of sp³-hybridized carbons (Fsp3) is 0.474. The summed E-state index contributed by atoms with van der Waals surface area (Å²) in [5.41, 5.74) is 1.66. The zero-order chi connectivity index (χ0) is 35.6.